The Morgan fingerprint density at radius 2 is 2.15 bits per heavy atom. The van der Waals surface area contributed by atoms with E-state index in [1.165, 1.54) is 5.57 Å². The predicted molar refractivity (Wildman–Crippen MR) is 60.4 cm³/mol. The van der Waals surface area contributed by atoms with Gasteiger partial charge >= 0.3 is 0 Å². The zero-order chi connectivity index (χ0) is 10.3. The number of hydrogen-bond donors (Lipinski definition) is 1. The summed E-state index contributed by atoms with van der Waals surface area (Å²) in [6, 6.07) is 0.458. The van der Waals surface area contributed by atoms with Crippen molar-refractivity contribution in [3.05, 3.63) is 11.6 Å². The summed E-state index contributed by atoms with van der Waals surface area (Å²) in [5, 5.41) is 3.36. The maximum absolute atomic E-state index is 10.8. The highest BCUT2D eigenvalue weighted by atomic mass is 32.2. The topological polar surface area (TPSA) is 29.1 Å². The molecule has 13 heavy (non-hydrogen) atoms. The van der Waals surface area contributed by atoms with Gasteiger partial charge in [0.2, 0.25) is 0 Å². The van der Waals surface area contributed by atoms with Crippen LogP contribution in [0.15, 0.2) is 11.6 Å². The van der Waals surface area contributed by atoms with E-state index in [1.54, 1.807) is 6.26 Å². The van der Waals surface area contributed by atoms with Gasteiger partial charge in [-0.25, -0.2) is 0 Å². The Morgan fingerprint density at radius 1 is 1.54 bits per heavy atom. The van der Waals surface area contributed by atoms with E-state index in [0.717, 1.165) is 18.7 Å². The van der Waals surface area contributed by atoms with Crippen molar-refractivity contribution in [3.8, 4) is 0 Å². The average molecular weight is 203 g/mol. The van der Waals surface area contributed by atoms with Gasteiger partial charge in [0.25, 0.3) is 0 Å². The minimum atomic E-state index is -0.656. The van der Waals surface area contributed by atoms with Crippen LogP contribution in [-0.4, -0.2) is 28.8 Å². The van der Waals surface area contributed by atoms with Gasteiger partial charge in [-0.05, 0) is 27.2 Å². The molecule has 2 unspecified atom stereocenters. The third kappa shape index (κ3) is 9.77. The maximum atomic E-state index is 10.8. The van der Waals surface area contributed by atoms with Crippen molar-refractivity contribution in [2.24, 2.45) is 0 Å². The summed E-state index contributed by atoms with van der Waals surface area (Å²) >= 11 is 0. The monoisotopic (exact) mass is 203 g/mol. The van der Waals surface area contributed by atoms with Crippen LogP contribution in [0.3, 0.4) is 0 Å². The largest absolute Gasteiger partial charge is 0.311 e. The first-order valence-electron chi connectivity index (χ1n) is 4.69. The van der Waals surface area contributed by atoms with Crippen molar-refractivity contribution in [2.45, 2.75) is 33.2 Å². The molecule has 0 saturated carbocycles. The third-order valence-electron chi connectivity index (χ3n) is 1.81. The van der Waals surface area contributed by atoms with E-state index in [1.807, 2.05) is 0 Å². The molecule has 0 fully saturated rings. The summed E-state index contributed by atoms with van der Waals surface area (Å²) in [5.74, 6) is 0.795. The Balaban J connectivity index is 3.46. The first-order chi connectivity index (χ1) is 6.02. The van der Waals surface area contributed by atoms with Gasteiger partial charge in [0.05, 0.1) is 0 Å². The minimum Gasteiger partial charge on any atom is -0.311 e. The van der Waals surface area contributed by atoms with Crippen molar-refractivity contribution in [2.75, 3.05) is 18.6 Å². The quantitative estimate of drug-likeness (QED) is 0.666. The summed E-state index contributed by atoms with van der Waals surface area (Å²) in [4.78, 5) is 0. The lowest BCUT2D eigenvalue weighted by Gasteiger charge is -2.10. The van der Waals surface area contributed by atoms with E-state index in [-0.39, 0.29) is 0 Å². The molecule has 0 aromatic rings. The normalized spacial score (nSPS) is 15.1. The second kappa shape index (κ2) is 7.27. The molecule has 1 N–H and O–H groups in total. The molecule has 0 aliphatic rings. The Morgan fingerprint density at radius 3 is 2.62 bits per heavy atom. The van der Waals surface area contributed by atoms with Crippen LogP contribution in [0.4, 0.5) is 0 Å². The molecule has 0 saturated heterocycles. The van der Waals surface area contributed by atoms with Crippen LogP contribution in [0.25, 0.3) is 0 Å². The van der Waals surface area contributed by atoms with Gasteiger partial charge in [-0.3, -0.25) is 4.21 Å². The summed E-state index contributed by atoms with van der Waals surface area (Å²) in [6.45, 7) is 7.23. The highest BCUT2D eigenvalue weighted by Crippen LogP contribution is 1.93. The molecule has 0 radical (unpaired) electrons. The highest BCUT2D eigenvalue weighted by molar-refractivity contribution is 7.84. The van der Waals surface area contributed by atoms with Gasteiger partial charge in [0.15, 0.2) is 0 Å². The second-order valence-corrected chi connectivity index (χ2v) is 5.21. The molecular formula is C10H21NOS. The van der Waals surface area contributed by atoms with Crippen LogP contribution >= 0.6 is 0 Å². The molecule has 0 heterocycles. The zero-order valence-electron chi connectivity index (χ0n) is 9.09. The smallest absolute Gasteiger partial charge is 0.0246 e. The Bertz CT molecular complexity index is 185. The fraction of sp³-hybridized carbons (Fsp3) is 0.800. The summed E-state index contributed by atoms with van der Waals surface area (Å²) in [6.07, 6.45) is 4.90. The number of rotatable bonds is 6. The van der Waals surface area contributed by atoms with Crippen LogP contribution in [0.5, 0.6) is 0 Å². The molecule has 2 atom stereocenters. The Hall–Kier alpha value is -0.150. The third-order valence-corrected chi connectivity index (χ3v) is 2.63. The van der Waals surface area contributed by atoms with E-state index >= 15 is 0 Å². The molecule has 78 valence electrons. The van der Waals surface area contributed by atoms with Gasteiger partial charge < -0.3 is 5.32 Å². The number of hydrogen-bond acceptors (Lipinski definition) is 2. The van der Waals surface area contributed by atoms with E-state index in [4.69, 9.17) is 0 Å². The molecule has 0 amide bonds. The van der Waals surface area contributed by atoms with Crippen molar-refractivity contribution in [1.29, 1.82) is 0 Å². The maximum Gasteiger partial charge on any atom is 0.0246 e. The minimum absolute atomic E-state index is 0.458. The first-order valence-corrected chi connectivity index (χ1v) is 6.42. The lowest BCUT2D eigenvalue weighted by Crippen LogP contribution is -2.27. The molecule has 3 heteroatoms. The van der Waals surface area contributed by atoms with E-state index < -0.39 is 10.8 Å². The Kier molecular flexibility index (Phi) is 7.19. The van der Waals surface area contributed by atoms with Crippen LogP contribution in [0.1, 0.15) is 27.2 Å². The van der Waals surface area contributed by atoms with Crippen molar-refractivity contribution in [1.82, 2.24) is 5.32 Å². The fourth-order valence-corrected chi connectivity index (χ4v) is 1.59. The molecule has 0 aliphatic carbocycles. The van der Waals surface area contributed by atoms with Crippen LogP contribution in [0, 0.1) is 0 Å². The van der Waals surface area contributed by atoms with Gasteiger partial charge in [-0.15, -0.1) is 0 Å². The van der Waals surface area contributed by atoms with Gasteiger partial charge in [-0.1, -0.05) is 11.6 Å². The molecule has 0 bridgehead atoms. The first kappa shape index (κ1) is 12.8. The van der Waals surface area contributed by atoms with E-state index in [0.29, 0.717) is 6.04 Å². The fourth-order valence-electron chi connectivity index (χ4n) is 0.909. The van der Waals surface area contributed by atoms with Gasteiger partial charge in [-0.2, -0.15) is 0 Å². The molecular weight excluding hydrogens is 182 g/mol. The van der Waals surface area contributed by atoms with Crippen molar-refractivity contribution < 1.29 is 4.21 Å². The summed E-state index contributed by atoms with van der Waals surface area (Å²) in [7, 11) is -0.656. The molecule has 0 rings (SSSR count). The summed E-state index contributed by atoms with van der Waals surface area (Å²) < 4.78 is 10.8. The van der Waals surface area contributed by atoms with Crippen LogP contribution in [0.2, 0.25) is 0 Å². The lowest BCUT2D eigenvalue weighted by molar-refractivity contribution is 0.566. The van der Waals surface area contributed by atoms with Crippen molar-refractivity contribution in [3.63, 3.8) is 0 Å². The number of nitrogens with one attached hydrogen (secondary N) is 1. The summed E-state index contributed by atoms with van der Waals surface area (Å²) in [5.41, 5.74) is 1.33. The highest BCUT2D eigenvalue weighted by Gasteiger charge is 2.00. The molecule has 0 aromatic heterocycles. The lowest BCUT2D eigenvalue weighted by atomic mass is 10.2. The van der Waals surface area contributed by atoms with E-state index in [2.05, 4.69) is 32.2 Å². The van der Waals surface area contributed by atoms with Gasteiger partial charge in [0, 0.05) is 35.4 Å². The van der Waals surface area contributed by atoms with Crippen molar-refractivity contribution >= 4 is 10.8 Å². The standard InChI is InChI=1S/C10H21NOS/c1-9(2)5-7-11-10(3)6-8-13(4)12/h5,10-11H,6-8H2,1-4H3. The Labute approximate surface area is 84.3 Å². The average Bonchev–Trinajstić information content (AvgIpc) is 2.00. The molecule has 2 nitrogen and oxygen atoms in total. The predicted octanol–water partition coefficient (Wildman–Crippen LogP) is 1.70. The van der Waals surface area contributed by atoms with Crippen LogP contribution < -0.4 is 5.32 Å². The van der Waals surface area contributed by atoms with Crippen LogP contribution in [-0.2, 0) is 10.8 Å². The van der Waals surface area contributed by atoms with Gasteiger partial charge in [0.1, 0.15) is 0 Å². The number of allylic oxidation sites excluding steroid dienone is 1. The zero-order valence-corrected chi connectivity index (χ0v) is 9.91. The molecule has 0 aromatic carbocycles. The molecule has 0 spiro atoms. The SMILES string of the molecule is CC(C)=CCNC(C)CCS(C)=O. The molecule has 0 aliphatic heterocycles. The second-order valence-electron chi connectivity index (χ2n) is 3.66. The van der Waals surface area contributed by atoms with E-state index in [9.17, 15) is 4.21 Å².